The maximum atomic E-state index is 12.7. The molecule has 0 saturated carbocycles. The fraction of sp³-hybridized carbons (Fsp3) is 0.310. The number of methoxy groups -OCH3 is 1. The third kappa shape index (κ3) is 8.38. The van der Waals surface area contributed by atoms with Crippen molar-refractivity contribution in [2.75, 3.05) is 57.1 Å². The van der Waals surface area contributed by atoms with Crippen LogP contribution in [0.4, 0.5) is 27.7 Å². The van der Waals surface area contributed by atoms with Crippen molar-refractivity contribution in [2.45, 2.75) is 12.2 Å². The van der Waals surface area contributed by atoms with Crippen LogP contribution in [0.3, 0.4) is 0 Å². The lowest BCUT2D eigenvalue weighted by Gasteiger charge is -2.24. The molecule has 12 heteroatoms. The van der Waals surface area contributed by atoms with Gasteiger partial charge in [-0.1, -0.05) is 24.3 Å². The second-order valence-corrected chi connectivity index (χ2v) is 9.29. The van der Waals surface area contributed by atoms with Gasteiger partial charge in [0, 0.05) is 37.6 Å². The number of hydrogen-bond donors (Lipinski definition) is 4. The monoisotopic (exact) mass is 560 g/mol. The van der Waals surface area contributed by atoms with Crippen LogP contribution in [-0.4, -0.2) is 66.4 Å². The summed E-state index contributed by atoms with van der Waals surface area (Å²) < 4.78 is 29.2. The first-order chi connectivity index (χ1) is 20.2. The number of morpholine rings is 2. The maximum absolute atomic E-state index is 12.7. The predicted octanol–water partition coefficient (Wildman–Crippen LogP) is 3.91. The summed E-state index contributed by atoms with van der Waals surface area (Å²) in [4.78, 5) is 16.1. The van der Waals surface area contributed by atoms with Crippen LogP contribution < -0.4 is 26.0 Å². The van der Waals surface area contributed by atoms with Gasteiger partial charge in [0.15, 0.2) is 11.6 Å². The number of nitrogens with one attached hydrogen (secondary N) is 4. The standard InChI is InChI=1S/C15H18N4O2.C14H15FN4O/c1-20-13-8-17-15(18-9-13)19-12-4-2-11(3-5-12)14-10-16-6-7-21-14;15-11-7-17-14(18-8-11)19-12-3-1-10(2-4-12)13-9-16-5-6-20-13/h2-5,8-9,14,16H,6-7,10H2,1H3,(H,17,18,19);1-4,7-8,13,16H,5-6,9H2,(H,17,18,19)/t14-;13-/m11/s1. The van der Waals surface area contributed by atoms with Gasteiger partial charge in [0.2, 0.25) is 11.9 Å². The van der Waals surface area contributed by atoms with Crippen molar-refractivity contribution in [3.05, 3.63) is 90.3 Å². The minimum atomic E-state index is -0.451. The Morgan fingerprint density at radius 3 is 1.54 bits per heavy atom. The Bertz CT molecular complexity index is 1330. The number of aromatic nitrogens is 4. The summed E-state index contributed by atoms with van der Waals surface area (Å²) in [5.41, 5.74) is 4.09. The third-order valence-electron chi connectivity index (χ3n) is 6.42. The third-order valence-corrected chi connectivity index (χ3v) is 6.42. The van der Waals surface area contributed by atoms with Crippen molar-refractivity contribution >= 4 is 23.3 Å². The van der Waals surface area contributed by atoms with E-state index in [0.29, 0.717) is 17.6 Å². The second kappa shape index (κ2) is 14.4. The van der Waals surface area contributed by atoms with Gasteiger partial charge in [0.05, 0.1) is 57.3 Å². The number of ether oxygens (including phenoxy) is 3. The second-order valence-electron chi connectivity index (χ2n) is 9.29. The summed E-state index contributed by atoms with van der Waals surface area (Å²) in [5, 5.41) is 12.8. The molecular formula is C29H33FN8O3. The van der Waals surface area contributed by atoms with Gasteiger partial charge in [-0.15, -0.1) is 0 Å². The Morgan fingerprint density at radius 2 is 1.15 bits per heavy atom. The van der Waals surface area contributed by atoms with E-state index in [-0.39, 0.29) is 12.2 Å². The molecule has 0 spiro atoms. The molecule has 2 aromatic heterocycles. The van der Waals surface area contributed by atoms with Crippen LogP contribution in [0.5, 0.6) is 5.75 Å². The average molecular weight is 561 g/mol. The van der Waals surface area contributed by atoms with Gasteiger partial charge in [0.25, 0.3) is 0 Å². The first kappa shape index (κ1) is 28.3. The van der Waals surface area contributed by atoms with Gasteiger partial charge in [-0.05, 0) is 35.4 Å². The van der Waals surface area contributed by atoms with Gasteiger partial charge in [0.1, 0.15) is 0 Å². The zero-order valence-corrected chi connectivity index (χ0v) is 22.7. The molecule has 11 nitrogen and oxygen atoms in total. The number of halogens is 1. The number of hydrogen-bond acceptors (Lipinski definition) is 11. The number of anilines is 4. The minimum Gasteiger partial charge on any atom is -0.494 e. The number of benzene rings is 2. The lowest BCUT2D eigenvalue weighted by molar-refractivity contribution is 0.0276. The highest BCUT2D eigenvalue weighted by Gasteiger charge is 2.16. The van der Waals surface area contributed by atoms with Crippen molar-refractivity contribution in [2.24, 2.45) is 0 Å². The molecule has 6 rings (SSSR count). The van der Waals surface area contributed by atoms with E-state index in [0.717, 1.165) is 68.7 Å². The first-order valence-electron chi connectivity index (χ1n) is 13.4. The average Bonchev–Trinajstić information content (AvgIpc) is 3.04. The summed E-state index contributed by atoms with van der Waals surface area (Å²) >= 11 is 0. The molecule has 2 atom stereocenters. The Morgan fingerprint density at radius 1 is 0.707 bits per heavy atom. The largest absolute Gasteiger partial charge is 0.494 e. The van der Waals surface area contributed by atoms with Crippen molar-refractivity contribution in [3.8, 4) is 5.75 Å². The highest BCUT2D eigenvalue weighted by molar-refractivity contribution is 5.54. The van der Waals surface area contributed by atoms with Crippen LogP contribution in [0.15, 0.2) is 73.3 Å². The Hall–Kier alpha value is -4.23. The number of rotatable bonds is 7. The summed E-state index contributed by atoms with van der Waals surface area (Å²) in [6.07, 6.45) is 5.75. The summed E-state index contributed by atoms with van der Waals surface area (Å²) in [6.45, 7) is 4.99. The SMILES string of the molecule is COc1cnc(Nc2ccc([C@H]3CNCCO3)cc2)nc1.Fc1cnc(Nc2ccc([C@H]3CNCCO3)cc2)nc1. The zero-order chi connectivity index (χ0) is 28.3. The zero-order valence-electron chi connectivity index (χ0n) is 22.7. The highest BCUT2D eigenvalue weighted by atomic mass is 19.1. The molecule has 0 unspecified atom stereocenters. The van der Waals surface area contributed by atoms with Gasteiger partial charge in [-0.25, -0.2) is 24.3 Å². The topological polar surface area (TPSA) is 127 Å². The van der Waals surface area contributed by atoms with Gasteiger partial charge < -0.3 is 35.5 Å². The molecule has 4 heterocycles. The molecule has 4 aromatic rings. The van der Waals surface area contributed by atoms with E-state index >= 15 is 0 Å². The Kier molecular flexibility index (Phi) is 9.95. The van der Waals surface area contributed by atoms with Crippen LogP contribution in [0, 0.1) is 5.82 Å². The molecule has 0 amide bonds. The van der Waals surface area contributed by atoms with Crippen LogP contribution in [0.25, 0.3) is 0 Å². The van der Waals surface area contributed by atoms with Gasteiger partial charge in [-0.2, -0.15) is 0 Å². The lowest BCUT2D eigenvalue weighted by Crippen LogP contribution is -2.33. The quantitative estimate of drug-likeness (QED) is 0.263. The van der Waals surface area contributed by atoms with Crippen LogP contribution in [0.2, 0.25) is 0 Å². The van der Waals surface area contributed by atoms with Crippen LogP contribution >= 0.6 is 0 Å². The normalized spacial score (nSPS) is 18.5. The molecule has 0 bridgehead atoms. The minimum absolute atomic E-state index is 0.0971. The number of nitrogens with zero attached hydrogens (tertiary/aromatic N) is 4. The fourth-order valence-corrected chi connectivity index (χ4v) is 4.24. The highest BCUT2D eigenvalue weighted by Crippen LogP contribution is 2.23. The smallest absolute Gasteiger partial charge is 0.227 e. The molecule has 0 radical (unpaired) electrons. The van der Waals surface area contributed by atoms with E-state index in [1.54, 1.807) is 19.5 Å². The summed E-state index contributed by atoms with van der Waals surface area (Å²) in [7, 11) is 1.59. The van der Waals surface area contributed by atoms with E-state index in [2.05, 4.69) is 53.3 Å². The molecule has 2 aliphatic heterocycles. The lowest BCUT2D eigenvalue weighted by atomic mass is 10.1. The van der Waals surface area contributed by atoms with Gasteiger partial charge >= 0.3 is 0 Å². The van der Waals surface area contributed by atoms with E-state index in [4.69, 9.17) is 14.2 Å². The molecule has 214 valence electrons. The van der Waals surface area contributed by atoms with Crippen molar-refractivity contribution in [1.29, 1.82) is 0 Å². The molecule has 2 fully saturated rings. The summed E-state index contributed by atoms with van der Waals surface area (Å²) in [6, 6.07) is 16.0. The molecular weight excluding hydrogens is 527 g/mol. The molecule has 41 heavy (non-hydrogen) atoms. The predicted molar refractivity (Wildman–Crippen MR) is 153 cm³/mol. The fourth-order valence-electron chi connectivity index (χ4n) is 4.24. The molecule has 2 aliphatic rings. The van der Waals surface area contributed by atoms with Gasteiger partial charge in [-0.3, -0.25) is 0 Å². The molecule has 0 aliphatic carbocycles. The Labute approximate surface area is 237 Å². The van der Waals surface area contributed by atoms with Crippen LogP contribution in [-0.2, 0) is 9.47 Å². The maximum Gasteiger partial charge on any atom is 0.227 e. The molecule has 4 N–H and O–H groups in total. The molecule has 2 saturated heterocycles. The Balaban J connectivity index is 0.000000165. The first-order valence-corrected chi connectivity index (χ1v) is 13.4. The van der Waals surface area contributed by atoms with E-state index < -0.39 is 5.82 Å². The van der Waals surface area contributed by atoms with Crippen molar-refractivity contribution in [1.82, 2.24) is 30.6 Å². The summed E-state index contributed by atoms with van der Waals surface area (Å²) in [5.74, 6) is 1.10. The van der Waals surface area contributed by atoms with E-state index in [1.807, 2.05) is 36.4 Å². The van der Waals surface area contributed by atoms with Crippen LogP contribution in [0.1, 0.15) is 23.3 Å². The van der Waals surface area contributed by atoms with Crippen molar-refractivity contribution in [3.63, 3.8) is 0 Å². The van der Waals surface area contributed by atoms with Crippen molar-refractivity contribution < 1.29 is 18.6 Å². The van der Waals surface area contributed by atoms with E-state index in [1.165, 1.54) is 5.56 Å². The van der Waals surface area contributed by atoms with E-state index in [9.17, 15) is 4.39 Å². The molecule has 2 aromatic carbocycles.